The van der Waals surface area contributed by atoms with Crippen LogP contribution in [0.5, 0.6) is 0 Å². The van der Waals surface area contributed by atoms with Gasteiger partial charge in [0.25, 0.3) is 0 Å². The van der Waals surface area contributed by atoms with E-state index in [2.05, 4.69) is 50.3 Å². The van der Waals surface area contributed by atoms with Crippen molar-refractivity contribution in [1.29, 1.82) is 0 Å². The molecule has 0 aromatic carbocycles. The molecule has 0 heterocycles. The molecule has 0 saturated heterocycles. The Labute approximate surface area is 414 Å². The van der Waals surface area contributed by atoms with E-state index in [0.717, 1.165) is 51.4 Å². The predicted molar refractivity (Wildman–Crippen MR) is 284 cm³/mol. The van der Waals surface area contributed by atoms with Crippen LogP contribution in [-0.4, -0.2) is 49.3 Å². The van der Waals surface area contributed by atoms with Gasteiger partial charge in [0.1, 0.15) is 6.61 Å². The molecule has 2 unspecified atom stereocenters. The topological polar surface area (TPSA) is 134 Å². The summed E-state index contributed by atoms with van der Waals surface area (Å²) in [5.74, 6) is -0.821. The largest absolute Gasteiger partial charge is 0.472 e. The molecule has 0 aliphatic carbocycles. The molecule has 394 valence electrons. The zero-order valence-corrected chi connectivity index (χ0v) is 44.8. The second kappa shape index (κ2) is 53.6. The lowest BCUT2D eigenvalue weighted by Crippen LogP contribution is -2.29. The van der Waals surface area contributed by atoms with Gasteiger partial charge in [-0.2, -0.15) is 0 Å². The fraction of sp³-hybridized carbons (Fsp3) is 0.860. The molecule has 0 aromatic rings. The van der Waals surface area contributed by atoms with Crippen LogP contribution in [0.4, 0.5) is 0 Å². The van der Waals surface area contributed by atoms with E-state index in [4.69, 9.17) is 24.3 Å². The van der Waals surface area contributed by atoms with E-state index in [1.807, 2.05) is 0 Å². The number of hydrogen-bond acceptors (Lipinski definition) is 8. The maximum absolute atomic E-state index is 12.7. The van der Waals surface area contributed by atoms with Gasteiger partial charge in [-0.05, 0) is 70.6 Å². The average Bonchev–Trinajstić information content (AvgIpc) is 3.32. The lowest BCUT2D eigenvalue weighted by Gasteiger charge is -2.19. The fourth-order valence-corrected chi connectivity index (χ4v) is 9.02. The van der Waals surface area contributed by atoms with Crippen LogP contribution in [0.1, 0.15) is 284 Å². The minimum absolute atomic E-state index is 0.0533. The molecule has 0 fully saturated rings. The van der Waals surface area contributed by atoms with E-state index in [1.54, 1.807) is 0 Å². The summed E-state index contributed by atoms with van der Waals surface area (Å²) in [4.78, 5) is 35.2. The number of carbonyl (C=O) groups is 2. The van der Waals surface area contributed by atoms with Crippen LogP contribution in [0.2, 0.25) is 0 Å². The van der Waals surface area contributed by atoms with Gasteiger partial charge in [-0.1, -0.05) is 237 Å². The third kappa shape index (κ3) is 53.4. The van der Waals surface area contributed by atoms with Gasteiger partial charge in [-0.25, -0.2) is 4.57 Å². The summed E-state index contributed by atoms with van der Waals surface area (Å²) in [5, 5.41) is 0. The predicted octanol–water partition coefficient (Wildman–Crippen LogP) is 17.6. The Morgan fingerprint density at radius 2 is 0.776 bits per heavy atom. The summed E-state index contributed by atoms with van der Waals surface area (Å²) in [7, 11) is -4.39. The van der Waals surface area contributed by atoms with Crippen LogP contribution in [0.15, 0.2) is 36.5 Å². The monoisotopic (exact) mass is 966 g/mol. The maximum atomic E-state index is 12.7. The minimum atomic E-state index is -4.39. The molecule has 3 N–H and O–H groups in total. The van der Waals surface area contributed by atoms with Crippen LogP contribution in [0, 0.1) is 0 Å². The second-order valence-corrected chi connectivity index (χ2v) is 20.6. The number of unbranched alkanes of at least 4 members (excludes halogenated alkanes) is 35. The molecule has 0 amide bonds. The van der Waals surface area contributed by atoms with E-state index < -0.39 is 26.5 Å². The van der Waals surface area contributed by atoms with Crippen molar-refractivity contribution < 1.29 is 37.6 Å². The molecule has 9 nitrogen and oxygen atoms in total. The van der Waals surface area contributed by atoms with E-state index in [1.165, 1.54) is 199 Å². The smallest absolute Gasteiger partial charge is 0.462 e. The van der Waals surface area contributed by atoms with Crippen molar-refractivity contribution in [2.24, 2.45) is 5.73 Å². The van der Waals surface area contributed by atoms with Gasteiger partial charge in [0.2, 0.25) is 0 Å². The number of carbonyl (C=O) groups excluding carboxylic acids is 2. The number of esters is 2. The number of phosphoric ester groups is 1. The quantitative estimate of drug-likeness (QED) is 0.0264. The number of allylic oxidation sites excluding steroid dienone is 6. The number of hydrogen-bond donors (Lipinski definition) is 2. The summed E-state index contributed by atoms with van der Waals surface area (Å²) < 4.78 is 33.0. The number of rotatable bonds is 54. The number of nitrogens with two attached hydrogens (primary N) is 1. The van der Waals surface area contributed by atoms with Crippen molar-refractivity contribution in [2.75, 3.05) is 26.4 Å². The molecule has 67 heavy (non-hydrogen) atoms. The first-order valence-electron chi connectivity index (χ1n) is 28.5. The Balaban J connectivity index is 3.97. The Morgan fingerprint density at radius 3 is 1.15 bits per heavy atom. The van der Waals surface area contributed by atoms with Crippen LogP contribution < -0.4 is 5.73 Å². The first kappa shape index (κ1) is 65.2. The highest BCUT2D eigenvalue weighted by Gasteiger charge is 2.26. The highest BCUT2D eigenvalue weighted by Crippen LogP contribution is 2.43. The van der Waals surface area contributed by atoms with Crippen LogP contribution >= 0.6 is 7.82 Å². The van der Waals surface area contributed by atoms with Crippen molar-refractivity contribution in [3.05, 3.63) is 36.5 Å². The molecule has 0 spiro atoms. The highest BCUT2D eigenvalue weighted by atomic mass is 31.2. The second-order valence-electron chi connectivity index (χ2n) is 19.2. The molecule has 0 saturated carbocycles. The molecule has 0 bridgehead atoms. The van der Waals surface area contributed by atoms with Gasteiger partial charge < -0.3 is 20.1 Å². The van der Waals surface area contributed by atoms with Crippen LogP contribution in [0.3, 0.4) is 0 Å². The Kier molecular flexibility index (Phi) is 52.2. The van der Waals surface area contributed by atoms with Crippen molar-refractivity contribution in [3.63, 3.8) is 0 Å². The summed E-state index contributed by atoms with van der Waals surface area (Å²) in [6.45, 7) is 3.77. The van der Waals surface area contributed by atoms with Gasteiger partial charge in [0.15, 0.2) is 6.10 Å². The molecule has 2 atom stereocenters. The SMILES string of the molecule is CCCCCCC/C=C\C/C=C\CCCCCCCCCCCC(=O)OC(COC(=O)CCCCCCCCCCCCCCC/C=C\CCCCCCCCCC)COP(=O)(O)OCCN. The number of ether oxygens (including phenoxy) is 2. The van der Waals surface area contributed by atoms with E-state index in [0.29, 0.717) is 6.42 Å². The Hall–Kier alpha value is -1.77. The molecular formula is C57H108NO8P. The van der Waals surface area contributed by atoms with Crippen LogP contribution in [0.25, 0.3) is 0 Å². The molecule has 0 radical (unpaired) electrons. The highest BCUT2D eigenvalue weighted by molar-refractivity contribution is 7.47. The van der Waals surface area contributed by atoms with Crippen molar-refractivity contribution in [3.8, 4) is 0 Å². The van der Waals surface area contributed by atoms with Gasteiger partial charge >= 0.3 is 19.8 Å². The zero-order chi connectivity index (χ0) is 48.8. The van der Waals surface area contributed by atoms with E-state index in [-0.39, 0.29) is 38.6 Å². The van der Waals surface area contributed by atoms with Gasteiger partial charge in [-0.15, -0.1) is 0 Å². The number of phosphoric acid groups is 1. The third-order valence-electron chi connectivity index (χ3n) is 12.5. The van der Waals surface area contributed by atoms with Gasteiger partial charge in [0, 0.05) is 19.4 Å². The van der Waals surface area contributed by atoms with Gasteiger partial charge in [0.05, 0.1) is 13.2 Å². The summed E-state index contributed by atoms with van der Waals surface area (Å²) in [5.41, 5.74) is 5.38. The lowest BCUT2D eigenvalue weighted by atomic mass is 10.0. The fourth-order valence-electron chi connectivity index (χ4n) is 8.25. The first-order chi connectivity index (χ1) is 32.8. The Morgan fingerprint density at radius 1 is 0.448 bits per heavy atom. The third-order valence-corrected chi connectivity index (χ3v) is 13.5. The molecule has 0 aliphatic heterocycles. The normalized spacial score (nSPS) is 13.3. The summed E-state index contributed by atoms with van der Waals surface area (Å²) >= 11 is 0. The van der Waals surface area contributed by atoms with E-state index in [9.17, 15) is 19.0 Å². The maximum Gasteiger partial charge on any atom is 0.472 e. The molecule has 10 heteroatoms. The summed E-state index contributed by atoms with van der Waals surface area (Å²) in [6.07, 6.45) is 63.4. The lowest BCUT2D eigenvalue weighted by molar-refractivity contribution is -0.161. The average molecular weight is 966 g/mol. The van der Waals surface area contributed by atoms with Crippen LogP contribution in [-0.2, 0) is 32.7 Å². The molecule has 0 aliphatic rings. The summed E-state index contributed by atoms with van der Waals surface area (Å²) in [6, 6.07) is 0. The molecule has 0 aromatic heterocycles. The van der Waals surface area contributed by atoms with Crippen molar-refractivity contribution in [2.45, 2.75) is 290 Å². The minimum Gasteiger partial charge on any atom is -0.462 e. The van der Waals surface area contributed by atoms with Crippen molar-refractivity contribution >= 4 is 19.8 Å². The van der Waals surface area contributed by atoms with Gasteiger partial charge in [-0.3, -0.25) is 18.6 Å². The van der Waals surface area contributed by atoms with Crippen molar-refractivity contribution in [1.82, 2.24) is 0 Å². The molecule has 0 rings (SSSR count). The zero-order valence-electron chi connectivity index (χ0n) is 43.9. The Bertz CT molecular complexity index is 1190. The van der Waals surface area contributed by atoms with E-state index >= 15 is 0 Å². The molecular weight excluding hydrogens is 858 g/mol. The standard InChI is InChI=1S/C57H108NO8P/c1-3-5-7-9-11-13-15-17-19-21-23-25-26-27-28-30-31-33-35-37-39-41-43-45-47-49-56(59)63-53-55(54-65-67(61,62)64-52-51-58)66-57(60)50-48-46-44-42-40-38-36-34-32-29-24-22-20-18-16-14-12-10-8-6-4-2/h16,18,21-24,55H,3-15,17,19-20,25-54,58H2,1-2H3,(H,61,62)/b18-16-,23-21-,24-22-. The first-order valence-corrected chi connectivity index (χ1v) is 30.0.